The fourth-order valence-corrected chi connectivity index (χ4v) is 5.78. The number of hydrogen-bond acceptors (Lipinski definition) is 7. The SMILES string of the molecule is CN1CCN(NC(=O)CN2CCN(C(=O)c3cc(C(F)(F)F)cc(C(F)(F)F)c3)[C@@H](Cc3c[nH]c4ccccc34)C2)CC1.O=C(O)/C=C/C(=O)O. The number of halogens is 6. The number of carboxylic acid groups (broad SMARTS) is 2. The Kier molecular flexibility index (Phi) is 12.5. The number of rotatable bonds is 8. The molecule has 2 fully saturated rings. The third-order valence-corrected chi connectivity index (χ3v) is 8.31. The van der Waals surface area contributed by atoms with Gasteiger partial charge in [-0.15, -0.1) is 0 Å². The minimum Gasteiger partial charge on any atom is -0.478 e. The van der Waals surface area contributed by atoms with E-state index in [4.69, 9.17) is 10.2 Å². The van der Waals surface area contributed by atoms with E-state index >= 15 is 0 Å². The van der Waals surface area contributed by atoms with Crippen LogP contribution in [0.2, 0.25) is 0 Å². The maximum atomic E-state index is 13.7. The number of hydrogen-bond donors (Lipinski definition) is 4. The van der Waals surface area contributed by atoms with Gasteiger partial charge in [-0.1, -0.05) is 18.2 Å². The van der Waals surface area contributed by atoms with Gasteiger partial charge >= 0.3 is 24.3 Å². The van der Waals surface area contributed by atoms with E-state index in [1.165, 1.54) is 4.90 Å². The van der Waals surface area contributed by atoms with Gasteiger partial charge in [0.1, 0.15) is 0 Å². The molecular weight excluding hydrogens is 690 g/mol. The van der Waals surface area contributed by atoms with E-state index in [2.05, 4.69) is 15.3 Å². The van der Waals surface area contributed by atoms with Gasteiger partial charge in [0, 0.05) is 86.7 Å². The summed E-state index contributed by atoms with van der Waals surface area (Å²) in [5, 5.41) is 18.4. The summed E-state index contributed by atoms with van der Waals surface area (Å²) >= 11 is 0. The molecule has 0 radical (unpaired) electrons. The second-order valence-corrected chi connectivity index (χ2v) is 12.1. The lowest BCUT2D eigenvalue weighted by molar-refractivity contribution is -0.143. The summed E-state index contributed by atoms with van der Waals surface area (Å²) in [5.41, 5.74) is 0.809. The number of aromatic amines is 1. The lowest BCUT2D eigenvalue weighted by Gasteiger charge is -2.42. The second-order valence-electron chi connectivity index (χ2n) is 12.1. The first-order valence-electron chi connectivity index (χ1n) is 15.7. The number of nitrogens with zero attached hydrogens (tertiary/aromatic N) is 4. The fraction of sp³-hybridized carbons (Fsp3) is 0.394. The Hall–Kier alpha value is -4.94. The van der Waals surface area contributed by atoms with Crippen LogP contribution in [0.5, 0.6) is 0 Å². The minimum atomic E-state index is -5.07. The minimum absolute atomic E-state index is 0.0110. The third-order valence-electron chi connectivity index (χ3n) is 8.31. The molecule has 5 rings (SSSR count). The van der Waals surface area contributed by atoms with E-state index in [-0.39, 0.29) is 44.6 Å². The summed E-state index contributed by atoms with van der Waals surface area (Å²) in [7, 11) is 2.00. The zero-order valence-corrected chi connectivity index (χ0v) is 27.3. The maximum absolute atomic E-state index is 13.7. The van der Waals surface area contributed by atoms with E-state index in [1.54, 1.807) is 6.20 Å². The van der Waals surface area contributed by atoms with Crippen molar-refractivity contribution >= 4 is 34.7 Å². The number of piperazine rings is 2. The zero-order valence-electron chi connectivity index (χ0n) is 27.3. The molecule has 2 saturated heterocycles. The summed E-state index contributed by atoms with van der Waals surface area (Å²) in [6.07, 6.45) is -6.98. The van der Waals surface area contributed by atoms with Crippen LogP contribution in [-0.2, 0) is 33.2 Å². The van der Waals surface area contributed by atoms with Crippen molar-refractivity contribution in [3.8, 4) is 0 Å². The van der Waals surface area contributed by atoms with Crippen molar-refractivity contribution in [3.05, 3.63) is 83.1 Å². The van der Waals surface area contributed by atoms with Gasteiger partial charge < -0.3 is 25.0 Å². The number of fused-ring (bicyclic) bond motifs is 1. The van der Waals surface area contributed by atoms with Crippen LogP contribution in [0.15, 0.2) is 60.8 Å². The molecule has 0 saturated carbocycles. The Morgan fingerprint density at radius 2 is 1.45 bits per heavy atom. The Labute approximate surface area is 287 Å². The molecule has 4 N–H and O–H groups in total. The number of carbonyl (C=O) groups excluding carboxylic acids is 2. The molecule has 2 aliphatic rings. The molecule has 2 amide bonds. The van der Waals surface area contributed by atoms with Crippen molar-refractivity contribution in [2.24, 2.45) is 0 Å². The molecule has 0 spiro atoms. The van der Waals surface area contributed by atoms with Crippen molar-refractivity contribution < 1.29 is 55.7 Å². The van der Waals surface area contributed by atoms with Gasteiger partial charge in [-0.3, -0.25) is 19.9 Å². The lowest BCUT2D eigenvalue weighted by Crippen LogP contribution is -2.59. The first-order chi connectivity index (χ1) is 23.9. The van der Waals surface area contributed by atoms with E-state index in [0.717, 1.165) is 29.6 Å². The highest BCUT2D eigenvalue weighted by atomic mass is 19.4. The molecule has 2 aromatic carbocycles. The van der Waals surface area contributed by atoms with Gasteiger partial charge in [0.05, 0.1) is 17.7 Å². The van der Waals surface area contributed by atoms with Crippen LogP contribution in [-0.4, -0.2) is 124 Å². The van der Waals surface area contributed by atoms with Crippen LogP contribution in [0.4, 0.5) is 26.3 Å². The molecule has 276 valence electrons. The number of alkyl halides is 6. The van der Waals surface area contributed by atoms with Crippen LogP contribution in [0, 0.1) is 0 Å². The van der Waals surface area contributed by atoms with Crippen molar-refractivity contribution in [2.75, 3.05) is 59.4 Å². The average Bonchev–Trinajstić information content (AvgIpc) is 3.46. The number of para-hydroxylation sites is 1. The normalized spacial score (nSPS) is 18.0. The highest BCUT2D eigenvalue weighted by Crippen LogP contribution is 2.37. The number of aromatic nitrogens is 1. The maximum Gasteiger partial charge on any atom is 0.416 e. The average molecular weight is 727 g/mol. The summed E-state index contributed by atoms with van der Waals surface area (Å²) in [4.78, 5) is 54.1. The molecule has 12 nitrogen and oxygen atoms in total. The quantitative estimate of drug-likeness (QED) is 0.202. The molecule has 0 unspecified atom stereocenters. The smallest absolute Gasteiger partial charge is 0.416 e. The van der Waals surface area contributed by atoms with Gasteiger partial charge in [0.15, 0.2) is 0 Å². The summed E-state index contributed by atoms with van der Waals surface area (Å²) in [6, 6.07) is 7.79. The summed E-state index contributed by atoms with van der Waals surface area (Å²) in [5.74, 6) is -3.68. The van der Waals surface area contributed by atoms with Gasteiger partial charge in [-0.05, 0) is 43.3 Å². The van der Waals surface area contributed by atoms with Gasteiger partial charge in [-0.2, -0.15) is 26.3 Å². The first-order valence-corrected chi connectivity index (χ1v) is 15.7. The standard InChI is InChI=1S/C29H32F6N6O2.C4H4O4/c1-38-6-9-40(10-7-38)37-26(42)18-39-8-11-41(23(17-39)14-20-16-36-25-5-3-2-4-24(20)25)27(43)19-12-21(28(30,31)32)15-22(13-19)29(33,34)35;5-3(6)1-2-4(7)8/h2-5,12-13,15-16,23,36H,6-11,14,17-18H2,1H3,(H,37,42);1-2H,(H,5,6)(H,7,8)/b;2-1+/t23-;/m0./s1. The number of benzene rings is 2. The number of H-pyrrole nitrogens is 1. The topological polar surface area (TPSA) is 150 Å². The van der Waals surface area contributed by atoms with E-state index in [0.29, 0.717) is 37.4 Å². The van der Waals surface area contributed by atoms with Crippen LogP contribution in [0.1, 0.15) is 27.0 Å². The highest BCUT2D eigenvalue weighted by Gasteiger charge is 2.39. The Morgan fingerprint density at radius 1 is 0.863 bits per heavy atom. The molecule has 1 aromatic heterocycles. The Balaban J connectivity index is 0.000000652. The molecule has 3 aromatic rings. The predicted octanol–water partition coefficient (Wildman–Crippen LogP) is 3.57. The number of nitrogens with one attached hydrogen (secondary N) is 2. The van der Waals surface area contributed by atoms with Crippen molar-refractivity contribution in [1.82, 2.24) is 30.1 Å². The summed E-state index contributed by atoms with van der Waals surface area (Å²) in [6.45, 7) is 3.42. The molecule has 0 aliphatic carbocycles. The Bertz CT molecular complexity index is 1700. The second kappa shape index (κ2) is 16.4. The van der Waals surface area contributed by atoms with Crippen LogP contribution in [0.3, 0.4) is 0 Å². The largest absolute Gasteiger partial charge is 0.478 e. The molecular formula is C33H36F6N6O6. The first kappa shape index (κ1) is 38.9. The van der Waals surface area contributed by atoms with E-state index in [9.17, 15) is 45.5 Å². The molecule has 0 bridgehead atoms. The third kappa shape index (κ3) is 11.0. The molecule has 51 heavy (non-hydrogen) atoms. The molecule has 18 heteroatoms. The number of carboxylic acids is 2. The molecule has 3 heterocycles. The fourth-order valence-electron chi connectivity index (χ4n) is 5.78. The van der Waals surface area contributed by atoms with Crippen molar-refractivity contribution in [3.63, 3.8) is 0 Å². The molecule has 2 aliphatic heterocycles. The number of aliphatic carboxylic acids is 2. The van der Waals surface area contributed by atoms with Gasteiger partial charge in [0.25, 0.3) is 5.91 Å². The zero-order chi connectivity index (χ0) is 37.5. The number of carbonyl (C=O) groups is 4. The summed E-state index contributed by atoms with van der Waals surface area (Å²) < 4.78 is 81.2. The van der Waals surface area contributed by atoms with Crippen molar-refractivity contribution in [2.45, 2.75) is 24.8 Å². The van der Waals surface area contributed by atoms with Crippen LogP contribution in [0.25, 0.3) is 10.9 Å². The predicted molar refractivity (Wildman–Crippen MR) is 171 cm³/mol. The van der Waals surface area contributed by atoms with Crippen molar-refractivity contribution in [1.29, 1.82) is 0 Å². The van der Waals surface area contributed by atoms with E-state index in [1.807, 2.05) is 41.2 Å². The highest BCUT2D eigenvalue weighted by molar-refractivity contribution is 5.95. The Morgan fingerprint density at radius 3 is 2.02 bits per heavy atom. The number of amides is 2. The van der Waals surface area contributed by atoms with Crippen LogP contribution < -0.4 is 5.43 Å². The monoisotopic (exact) mass is 726 g/mol. The van der Waals surface area contributed by atoms with Crippen LogP contribution >= 0.6 is 0 Å². The lowest BCUT2D eigenvalue weighted by atomic mass is 9.98. The number of likely N-dealkylation sites (N-methyl/N-ethyl adjacent to an activating group) is 1. The molecule has 1 atom stereocenters. The van der Waals surface area contributed by atoms with Gasteiger partial charge in [0.2, 0.25) is 5.91 Å². The van der Waals surface area contributed by atoms with E-state index < -0.39 is 52.9 Å². The number of hydrazine groups is 1. The van der Waals surface area contributed by atoms with Gasteiger partial charge in [-0.25, -0.2) is 14.6 Å².